The summed E-state index contributed by atoms with van der Waals surface area (Å²) in [4.78, 5) is 16.2. The van der Waals surface area contributed by atoms with Crippen molar-refractivity contribution in [1.29, 1.82) is 0 Å². The van der Waals surface area contributed by atoms with Crippen LogP contribution in [0, 0.1) is 0 Å². The number of nitrogens with one attached hydrogen (secondary N) is 2. The Morgan fingerprint density at radius 2 is 2.28 bits per heavy atom. The lowest BCUT2D eigenvalue weighted by Gasteiger charge is -2.14. The molecule has 0 spiro atoms. The first-order valence-corrected chi connectivity index (χ1v) is 6.31. The van der Waals surface area contributed by atoms with Gasteiger partial charge in [0.25, 0.3) is 0 Å². The molecule has 1 aliphatic rings. The van der Waals surface area contributed by atoms with E-state index in [4.69, 9.17) is 18.0 Å². The van der Waals surface area contributed by atoms with Crippen LogP contribution in [0.3, 0.4) is 0 Å². The molecule has 1 unspecified atom stereocenters. The van der Waals surface area contributed by atoms with Crippen molar-refractivity contribution in [3.63, 3.8) is 0 Å². The van der Waals surface area contributed by atoms with E-state index in [-0.39, 0.29) is 16.9 Å². The number of hydrogen-bond acceptors (Lipinski definition) is 4. The van der Waals surface area contributed by atoms with Crippen LogP contribution in [0.4, 0.5) is 5.82 Å². The number of carbonyl (C=O) groups excluding carboxylic acids is 1. The van der Waals surface area contributed by atoms with Crippen LogP contribution < -0.4 is 16.4 Å². The van der Waals surface area contributed by atoms with Crippen LogP contribution in [-0.4, -0.2) is 28.0 Å². The number of anilines is 1. The Balaban J connectivity index is 1.96. The van der Waals surface area contributed by atoms with Gasteiger partial charge in [0.15, 0.2) is 0 Å². The zero-order chi connectivity index (χ0) is 13.1. The van der Waals surface area contributed by atoms with Gasteiger partial charge >= 0.3 is 0 Å². The van der Waals surface area contributed by atoms with Gasteiger partial charge in [-0.15, -0.1) is 0 Å². The van der Waals surface area contributed by atoms with Crippen molar-refractivity contribution >= 4 is 28.9 Å². The van der Waals surface area contributed by atoms with E-state index >= 15 is 0 Å². The second-order valence-electron chi connectivity index (χ2n) is 4.42. The van der Waals surface area contributed by atoms with Crippen LogP contribution in [0.2, 0.25) is 0 Å². The standard InChI is InChI=1S/C12H16N4OS/c1-7(12(17)15-8-5-6-8)14-10-4-2-3-9(16-10)11(13)18/h2-4,7-8H,5-6H2,1H3,(H2,13,18)(H,14,16)(H,15,17). The maximum atomic E-state index is 11.8. The fraction of sp³-hybridized carbons (Fsp3) is 0.417. The molecule has 0 radical (unpaired) electrons. The predicted molar refractivity (Wildman–Crippen MR) is 74.4 cm³/mol. The number of hydrogen-bond donors (Lipinski definition) is 3. The maximum Gasteiger partial charge on any atom is 0.242 e. The molecule has 0 aromatic carbocycles. The Labute approximate surface area is 111 Å². The van der Waals surface area contributed by atoms with Gasteiger partial charge in [-0.1, -0.05) is 18.3 Å². The summed E-state index contributed by atoms with van der Waals surface area (Å²) < 4.78 is 0. The van der Waals surface area contributed by atoms with Gasteiger partial charge < -0.3 is 16.4 Å². The van der Waals surface area contributed by atoms with Gasteiger partial charge in [-0.25, -0.2) is 4.98 Å². The molecule has 96 valence electrons. The number of nitrogens with zero attached hydrogens (tertiary/aromatic N) is 1. The monoisotopic (exact) mass is 264 g/mol. The third kappa shape index (κ3) is 3.40. The van der Waals surface area contributed by atoms with Crippen molar-refractivity contribution in [2.75, 3.05) is 5.32 Å². The van der Waals surface area contributed by atoms with E-state index in [2.05, 4.69) is 15.6 Å². The molecule has 1 heterocycles. The van der Waals surface area contributed by atoms with Gasteiger partial charge in [-0.05, 0) is 31.9 Å². The fourth-order valence-corrected chi connectivity index (χ4v) is 1.61. The third-order valence-corrected chi connectivity index (χ3v) is 2.89. The molecule has 1 atom stereocenters. The van der Waals surface area contributed by atoms with Crippen LogP contribution in [0.25, 0.3) is 0 Å². The lowest BCUT2D eigenvalue weighted by Crippen LogP contribution is -2.38. The first kappa shape index (κ1) is 12.8. The summed E-state index contributed by atoms with van der Waals surface area (Å²) in [6.07, 6.45) is 2.15. The minimum atomic E-state index is -0.334. The predicted octanol–water partition coefficient (Wildman–Crippen LogP) is 0.795. The lowest BCUT2D eigenvalue weighted by atomic mass is 10.3. The maximum absolute atomic E-state index is 11.8. The Morgan fingerprint density at radius 3 is 2.89 bits per heavy atom. The number of aromatic nitrogens is 1. The van der Waals surface area contributed by atoms with Crippen molar-refractivity contribution in [1.82, 2.24) is 10.3 Å². The van der Waals surface area contributed by atoms with Crippen LogP contribution >= 0.6 is 12.2 Å². The summed E-state index contributed by atoms with van der Waals surface area (Å²) >= 11 is 4.86. The average Bonchev–Trinajstić information content (AvgIpc) is 3.13. The third-order valence-electron chi connectivity index (χ3n) is 2.68. The molecule has 1 aromatic rings. The summed E-state index contributed by atoms with van der Waals surface area (Å²) in [7, 11) is 0. The molecule has 1 saturated carbocycles. The second kappa shape index (κ2) is 5.30. The minimum absolute atomic E-state index is 0.0139. The zero-order valence-electron chi connectivity index (χ0n) is 10.1. The molecule has 5 nitrogen and oxygen atoms in total. The molecule has 1 fully saturated rings. The van der Waals surface area contributed by atoms with Crippen LogP contribution in [0.5, 0.6) is 0 Å². The Morgan fingerprint density at radius 1 is 1.56 bits per heavy atom. The summed E-state index contributed by atoms with van der Waals surface area (Å²) in [5, 5.41) is 5.96. The molecule has 2 rings (SSSR count). The largest absolute Gasteiger partial charge is 0.388 e. The zero-order valence-corrected chi connectivity index (χ0v) is 11.0. The molecule has 0 aliphatic heterocycles. The first-order valence-electron chi connectivity index (χ1n) is 5.90. The first-order chi connectivity index (χ1) is 8.56. The summed E-state index contributed by atoms with van der Waals surface area (Å²) in [6.45, 7) is 1.80. The average molecular weight is 264 g/mol. The van der Waals surface area contributed by atoms with Crippen molar-refractivity contribution in [3.05, 3.63) is 23.9 Å². The van der Waals surface area contributed by atoms with Gasteiger partial charge in [0, 0.05) is 6.04 Å². The van der Waals surface area contributed by atoms with Gasteiger partial charge in [-0.3, -0.25) is 4.79 Å². The molecule has 1 amide bonds. The van der Waals surface area contributed by atoms with Gasteiger partial charge in [-0.2, -0.15) is 0 Å². The van der Waals surface area contributed by atoms with Crippen LogP contribution in [0.1, 0.15) is 25.5 Å². The molecule has 1 aliphatic carbocycles. The summed E-state index contributed by atoms with van der Waals surface area (Å²) in [5.74, 6) is 0.582. The highest BCUT2D eigenvalue weighted by Gasteiger charge is 2.25. The van der Waals surface area contributed by atoms with E-state index < -0.39 is 0 Å². The van der Waals surface area contributed by atoms with E-state index in [0.717, 1.165) is 12.8 Å². The fourth-order valence-electron chi connectivity index (χ4n) is 1.49. The van der Waals surface area contributed by atoms with Crippen molar-refractivity contribution in [2.24, 2.45) is 5.73 Å². The summed E-state index contributed by atoms with van der Waals surface area (Å²) in [5.41, 5.74) is 6.06. The second-order valence-corrected chi connectivity index (χ2v) is 4.86. The van der Waals surface area contributed by atoms with Crippen LogP contribution in [-0.2, 0) is 4.79 Å². The molecular weight excluding hydrogens is 248 g/mol. The smallest absolute Gasteiger partial charge is 0.242 e. The quantitative estimate of drug-likeness (QED) is 0.685. The molecule has 6 heteroatoms. The topological polar surface area (TPSA) is 80.0 Å². The van der Waals surface area contributed by atoms with E-state index in [1.54, 1.807) is 25.1 Å². The van der Waals surface area contributed by atoms with Crippen molar-refractivity contribution < 1.29 is 4.79 Å². The number of thiocarbonyl (C=S) groups is 1. The number of nitrogens with two attached hydrogens (primary N) is 1. The highest BCUT2D eigenvalue weighted by molar-refractivity contribution is 7.80. The van der Waals surface area contributed by atoms with Gasteiger partial charge in [0.1, 0.15) is 16.8 Å². The molecule has 18 heavy (non-hydrogen) atoms. The van der Waals surface area contributed by atoms with Gasteiger partial charge in [0.05, 0.1) is 5.69 Å². The SMILES string of the molecule is CC(Nc1cccc(C(N)=S)n1)C(=O)NC1CC1. The van der Waals surface area contributed by atoms with Crippen molar-refractivity contribution in [2.45, 2.75) is 31.8 Å². The molecule has 0 saturated heterocycles. The normalized spacial score (nSPS) is 15.8. The van der Waals surface area contributed by atoms with E-state index in [1.807, 2.05) is 0 Å². The minimum Gasteiger partial charge on any atom is -0.388 e. The van der Waals surface area contributed by atoms with E-state index in [9.17, 15) is 4.79 Å². The lowest BCUT2D eigenvalue weighted by molar-refractivity contribution is -0.121. The molecule has 1 aromatic heterocycles. The summed E-state index contributed by atoms with van der Waals surface area (Å²) in [6, 6.07) is 5.35. The molecule has 4 N–H and O–H groups in total. The number of rotatable bonds is 5. The van der Waals surface area contributed by atoms with Crippen molar-refractivity contribution in [3.8, 4) is 0 Å². The molecule has 0 bridgehead atoms. The van der Waals surface area contributed by atoms with E-state index in [1.165, 1.54) is 0 Å². The Kier molecular flexibility index (Phi) is 3.76. The number of pyridine rings is 1. The van der Waals surface area contributed by atoms with Gasteiger partial charge in [0.2, 0.25) is 5.91 Å². The van der Waals surface area contributed by atoms with Crippen LogP contribution in [0.15, 0.2) is 18.2 Å². The Bertz CT molecular complexity index is 473. The highest BCUT2D eigenvalue weighted by Crippen LogP contribution is 2.18. The Hall–Kier alpha value is -1.69. The number of carbonyl (C=O) groups is 1. The number of amides is 1. The molecular formula is C12H16N4OS. The highest BCUT2D eigenvalue weighted by atomic mass is 32.1. The van der Waals surface area contributed by atoms with E-state index in [0.29, 0.717) is 17.6 Å².